The minimum atomic E-state index is -3.12. The fourth-order valence-electron chi connectivity index (χ4n) is 5.07. The first-order valence-corrected chi connectivity index (χ1v) is 14.1. The maximum atomic E-state index is 12.4. The molecule has 1 aromatic rings. The number of nitrogens with zero attached hydrogens (tertiary/aromatic N) is 2. The van der Waals surface area contributed by atoms with Gasteiger partial charge in [0.15, 0.2) is 0 Å². The molecule has 1 aromatic carbocycles. The van der Waals surface area contributed by atoms with Gasteiger partial charge in [0.2, 0.25) is 10.0 Å². The number of carbonyl (C=O) groups is 1. The van der Waals surface area contributed by atoms with Crippen LogP contribution in [-0.2, 0) is 21.2 Å². The number of piperidine rings is 1. The van der Waals surface area contributed by atoms with Crippen molar-refractivity contribution in [2.75, 3.05) is 31.9 Å². The second-order valence-electron chi connectivity index (χ2n) is 10.6. The van der Waals surface area contributed by atoms with Crippen LogP contribution in [0.3, 0.4) is 0 Å². The summed E-state index contributed by atoms with van der Waals surface area (Å²) in [5.74, 6) is 1.55. The molecule has 3 heterocycles. The molecule has 1 atom stereocenters. The second kappa shape index (κ2) is 9.90. The van der Waals surface area contributed by atoms with Crippen LogP contribution in [0.25, 0.3) is 5.57 Å². The SMILES string of the molecule is CCCS(=O)(=O)N1CCC(C2Cc3cc(C4=CCN(C(=O)OC(C)(C)C)CC4)ccc3O2)CC1. The largest absolute Gasteiger partial charge is 0.490 e. The first-order chi connectivity index (χ1) is 16.1. The van der Waals surface area contributed by atoms with E-state index in [4.69, 9.17) is 9.47 Å². The van der Waals surface area contributed by atoms with Gasteiger partial charge in [-0.15, -0.1) is 0 Å². The van der Waals surface area contributed by atoms with Crippen LogP contribution in [0.1, 0.15) is 64.5 Å². The summed E-state index contributed by atoms with van der Waals surface area (Å²) in [4.78, 5) is 14.1. The molecule has 1 amide bonds. The number of sulfonamides is 1. The fraction of sp³-hybridized carbons (Fsp3) is 0.654. The molecule has 3 aliphatic heterocycles. The highest BCUT2D eigenvalue weighted by atomic mass is 32.2. The van der Waals surface area contributed by atoms with Crippen molar-refractivity contribution < 1.29 is 22.7 Å². The standard InChI is InChI=1S/C26H38N2O5S/c1-5-16-34(30,31)28-14-10-20(11-15-28)24-18-22-17-21(6-7-23(22)32-24)19-8-12-27(13-9-19)25(29)33-26(2,3)4/h6-8,17,20,24H,5,9-16,18H2,1-4H3. The van der Waals surface area contributed by atoms with Gasteiger partial charge in [-0.3, -0.25) is 0 Å². The summed E-state index contributed by atoms with van der Waals surface area (Å²) in [5, 5.41) is 0. The molecule has 188 valence electrons. The van der Waals surface area contributed by atoms with Gasteiger partial charge in [0.25, 0.3) is 0 Å². The van der Waals surface area contributed by atoms with Gasteiger partial charge in [-0.2, -0.15) is 0 Å². The van der Waals surface area contributed by atoms with E-state index in [9.17, 15) is 13.2 Å². The minimum Gasteiger partial charge on any atom is -0.490 e. The van der Waals surface area contributed by atoms with Gasteiger partial charge in [-0.1, -0.05) is 19.1 Å². The molecule has 0 bridgehead atoms. The van der Waals surface area contributed by atoms with Crippen LogP contribution in [0, 0.1) is 5.92 Å². The van der Waals surface area contributed by atoms with Crippen molar-refractivity contribution in [3.8, 4) is 5.75 Å². The van der Waals surface area contributed by atoms with E-state index in [2.05, 4.69) is 24.3 Å². The molecule has 3 aliphatic rings. The number of fused-ring (bicyclic) bond motifs is 1. The number of hydrogen-bond donors (Lipinski definition) is 0. The average molecular weight is 491 g/mol. The maximum absolute atomic E-state index is 12.4. The summed E-state index contributed by atoms with van der Waals surface area (Å²) in [5.41, 5.74) is 3.17. The van der Waals surface area contributed by atoms with Gasteiger partial charge < -0.3 is 14.4 Å². The van der Waals surface area contributed by atoms with Crippen molar-refractivity contribution in [2.24, 2.45) is 5.92 Å². The Labute approximate surface area is 204 Å². The van der Waals surface area contributed by atoms with Crippen molar-refractivity contribution >= 4 is 21.7 Å². The first kappa shape index (κ1) is 25.0. The van der Waals surface area contributed by atoms with E-state index in [1.165, 1.54) is 16.7 Å². The van der Waals surface area contributed by atoms with E-state index in [0.29, 0.717) is 38.5 Å². The number of amides is 1. The van der Waals surface area contributed by atoms with Crippen molar-refractivity contribution in [1.82, 2.24) is 9.21 Å². The topological polar surface area (TPSA) is 76.2 Å². The molecular weight excluding hydrogens is 452 g/mol. The number of hydrogen-bond acceptors (Lipinski definition) is 5. The van der Waals surface area contributed by atoms with Gasteiger partial charge in [0.05, 0.1) is 5.75 Å². The van der Waals surface area contributed by atoms with Crippen LogP contribution < -0.4 is 4.74 Å². The zero-order valence-corrected chi connectivity index (χ0v) is 21.7. The Hall–Kier alpha value is -2.06. The van der Waals surface area contributed by atoms with E-state index in [1.807, 2.05) is 27.7 Å². The summed E-state index contributed by atoms with van der Waals surface area (Å²) in [7, 11) is -3.12. The first-order valence-electron chi connectivity index (χ1n) is 12.5. The lowest BCUT2D eigenvalue weighted by molar-refractivity contribution is 0.0270. The molecule has 0 radical (unpaired) electrons. The number of rotatable bonds is 5. The normalized spacial score (nSPS) is 22.2. The van der Waals surface area contributed by atoms with E-state index >= 15 is 0 Å². The molecule has 1 fully saturated rings. The zero-order valence-electron chi connectivity index (χ0n) is 20.9. The third kappa shape index (κ3) is 5.77. The smallest absolute Gasteiger partial charge is 0.410 e. The third-order valence-electron chi connectivity index (χ3n) is 6.87. The molecule has 0 aliphatic carbocycles. The zero-order chi connectivity index (χ0) is 24.5. The predicted molar refractivity (Wildman–Crippen MR) is 133 cm³/mol. The fourth-order valence-corrected chi connectivity index (χ4v) is 6.62. The van der Waals surface area contributed by atoms with Crippen LogP contribution in [0.4, 0.5) is 4.79 Å². The molecular formula is C26H38N2O5S. The van der Waals surface area contributed by atoms with Gasteiger partial charge in [0.1, 0.15) is 17.5 Å². The predicted octanol–water partition coefficient (Wildman–Crippen LogP) is 4.47. The summed E-state index contributed by atoms with van der Waals surface area (Å²) in [6.45, 7) is 9.94. The van der Waals surface area contributed by atoms with Crippen molar-refractivity contribution in [2.45, 2.75) is 71.5 Å². The average Bonchev–Trinajstić information content (AvgIpc) is 3.21. The molecule has 4 rings (SSSR count). The number of ether oxygens (including phenoxy) is 2. The molecule has 8 heteroatoms. The van der Waals surface area contributed by atoms with E-state index in [-0.39, 0.29) is 18.0 Å². The second-order valence-corrected chi connectivity index (χ2v) is 12.7. The summed E-state index contributed by atoms with van der Waals surface area (Å²) < 4.78 is 38.2. The van der Waals surface area contributed by atoms with Gasteiger partial charge in [-0.05, 0) is 81.2 Å². The maximum Gasteiger partial charge on any atom is 0.410 e. The van der Waals surface area contributed by atoms with Crippen molar-refractivity contribution in [1.29, 1.82) is 0 Å². The number of carbonyl (C=O) groups excluding carboxylic acids is 1. The Bertz CT molecular complexity index is 1040. The Morgan fingerprint density at radius 3 is 2.53 bits per heavy atom. The monoisotopic (exact) mass is 490 g/mol. The molecule has 0 saturated carbocycles. The molecule has 1 unspecified atom stereocenters. The number of benzene rings is 1. The molecule has 0 spiro atoms. The van der Waals surface area contributed by atoms with E-state index < -0.39 is 15.6 Å². The van der Waals surface area contributed by atoms with Crippen LogP contribution in [0.15, 0.2) is 24.3 Å². The highest BCUT2D eigenvalue weighted by molar-refractivity contribution is 7.89. The summed E-state index contributed by atoms with van der Waals surface area (Å²) in [6, 6.07) is 6.40. The minimum absolute atomic E-state index is 0.115. The quantitative estimate of drug-likeness (QED) is 0.609. The van der Waals surface area contributed by atoms with E-state index in [1.54, 1.807) is 9.21 Å². The lowest BCUT2D eigenvalue weighted by Gasteiger charge is -2.33. The highest BCUT2D eigenvalue weighted by Gasteiger charge is 2.35. The Morgan fingerprint density at radius 1 is 1.18 bits per heavy atom. The van der Waals surface area contributed by atoms with Gasteiger partial charge in [-0.25, -0.2) is 17.5 Å². The molecule has 0 N–H and O–H groups in total. The van der Waals surface area contributed by atoms with Crippen molar-refractivity contribution in [3.63, 3.8) is 0 Å². The van der Waals surface area contributed by atoms with Crippen LogP contribution in [0.2, 0.25) is 0 Å². The Morgan fingerprint density at radius 2 is 1.91 bits per heavy atom. The molecule has 0 aromatic heterocycles. The van der Waals surface area contributed by atoms with Crippen LogP contribution in [0.5, 0.6) is 5.75 Å². The summed E-state index contributed by atoms with van der Waals surface area (Å²) >= 11 is 0. The van der Waals surface area contributed by atoms with Gasteiger partial charge in [0, 0.05) is 32.6 Å². The molecule has 1 saturated heterocycles. The lowest BCUT2D eigenvalue weighted by Crippen LogP contribution is -2.43. The Balaban J connectivity index is 1.34. The molecule has 7 nitrogen and oxygen atoms in total. The Kier molecular flexibility index (Phi) is 7.29. The molecule has 34 heavy (non-hydrogen) atoms. The van der Waals surface area contributed by atoms with E-state index in [0.717, 1.165) is 31.4 Å². The van der Waals surface area contributed by atoms with Crippen LogP contribution >= 0.6 is 0 Å². The highest BCUT2D eigenvalue weighted by Crippen LogP contribution is 2.37. The van der Waals surface area contributed by atoms with Crippen LogP contribution in [-0.4, -0.2) is 67.4 Å². The van der Waals surface area contributed by atoms with Gasteiger partial charge >= 0.3 is 6.09 Å². The third-order valence-corrected chi connectivity index (χ3v) is 8.95. The lowest BCUT2D eigenvalue weighted by atomic mass is 9.89. The summed E-state index contributed by atoms with van der Waals surface area (Å²) in [6.07, 6.45) is 5.99. The van der Waals surface area contributed by atoms with Crippen molar-refractivity contribution in [3.05, 3.63) is 35.4 Å².